The molecule has 1 rings (SSSR count). The van der Waals surface area contributed by atoms with Gasteiger partial charge in [-0.2, -0.15) is 0 Å². The molecule has 11 heteroatoms. The minimum absolute atomic E-state index is 0.0598. The second-order valence-electron chi connectivity index (χ2n) is 8.71. The molecule has 0 aliphatic heterocycles. The van der Waals surface area contributed by atoms with Crippen molar-refractivity contribution in [2.45, 2.75) is 89.2 Å². The Morgan fingerprint density at radius 2 is 1.44 bits per heavy atom. The Morgan fingerprint density at radius 1 is 0.821 bits per heavy atom. The van der Waals surface area contributed by atoms with Gasteiger partial charge in [-0.1, -0.05) is 53.9 Å². The number of thiocarbonyl (C=S) groups is 2. The molecule has 218 valence electrons. The summed E-state index contributed by atoms with van der Waals surface area (Å²) in [5.74, 6) is -0.692. The van der Waals surface area contributed by atoms with Crippen LogP contribution in [0.25, 0.3) is 0 Å². The Bertz CT molecular complexity index is 910. The van der Waals surface area contributed by atoms with Crippen molar-refractivity contribution in [3.05, 3.63) is 35.9 Å². The third kappa shape index (κ3) is 17.6. The van der Waals surface area contributed by atoms with E-state index in [1.54, 1.807) is 0 Å². The maximum atomic E-state index is 12.9. The summed E-state index contributed by atoms with van der Waals surface area (Å²) < 4.78 is 22.4. The van der Waals surface area contributed by atoms with Crippen molar-refractivity contribution in [2.24, 2.45) is 0 Å². The number of hydrogen-bond acceptors (Lipinski definition) is 11. The first-order valence-electron chi connectivity index (χ1n) is 13.2. The molecule has 7 nitrogen and oxygen atoms in total. The monoisotopic (exact) mass is 616 g/mol. The Kier molecular flexibility index (Phi) is 19.1. The quantitative estimate of drug-likeness (QED) is 0.134. The number of ketones is 1. The van der Waals surface area contributed by atoms with E-state index in [4.69, 9.17) is 43.4 Å². The van der Waals surface area contributed by atoms with Gasteiger partial charge in [0.1, 0.15) is 18.5 Å². The molecular weight excluding hydrogens is 577 g/mol. The molecule has 1 aromatic rings. The van der Waals surface area contributed by atoms with Gasteiger partial charge in [0.2, 0.25) is 8.77 Å². The molecule has 0 aliphatic rings. The highest BCUT2D eigenvalue weighted by molar-refractivity contribution is 8.23. The van der Waals surface area contributed by atoms with E-state index in [9.17, 15) is 14.4 Å². The number of thioether (sulfide) groups is 2. The van der Waals surface area contributed by atoms with Crippen molar-refractivity contribution >= 4 is 74.4 Å². The number of Topliss-reactive ketones (excluding diaryl/α,β-unsaturated/α-hetero) is 1. The SMILES string of the molecule is CCOC(=S)SC(CCC(=O)CCC(SC(=S)OCC)C(CCCc1ccccc1)OC(C)=O)COC(C)=O. The van der Waals surface area contributed by atoms with Gasteiger partial charge in [0, 0.05) is 31.9 Å². The van der Waals surface area contributed by atoms with Gasteiger partial charge in [0.15, 0.2) is 0 Å². The minimum atomic E-state index is -0.404. The number of benzene rings is 1. The molecule has 0 spiro atoms. The normalized spacial score (nSPS) is 13.0. The first-order chi connectivity index (χ1) is 18.6. The van der Waals surface area contributed by atoms with Gasteiger partial charge in [-0.3, -0.25) is 14.4 Å². The molecule has 0 fully saturated rings. The average Bonchev–Trinajstić information content (AvgIpc) is 2.88. The van der Waals surface area contributed by atoms with Crippen LogP contribution in [0.4, 0.5) is 0 Å². The van der Waals surface area contributed by atoms with Crippen LogP contribution in [0, 0.1) is 0 Å². The van der Waals surface area contributed by atoms with Crippen LogP contribution < -0.4 is 0 Å². The van der Waals surface area contributed by atoms with Crippen LogP contribution in [-0.4, -0.2) is 62.9 Å². The van der Waals surface area contributed by atoms with Crippen molar-refractivity contribution in [2.75, 3.05) is 19.8 Å². The zero-order chi connectivity index (χ0) is 29.0. The van der Waals surface area contributed by atoms with Gasteiger partial charge in [-0.15, -0.1) is 0 Å². The molecule has 0 radical (unpaired) electrons. The molecule has 0 amide bonds. The number of carbonyl (C=O) groups is 3. The molecular formula is C28H40O7S4. The van der Waals surface area contributed by atoms with Gasteiger partial charge in [-0.05, 0) is 76.0 Å². The first-order valence-corrected chi connectivity index (χ1v) is 15.7. The van der Waals surface area contributed by atoms with E-state index >= 15 is 0 Å². The van der Waals surface area contributed by atoms with Gasteiger partial charge in [-0.25, -0.2) is 0 Å². The Labute approximate surface area is 251 Å². The fraction of sp³-hybridized carbons (Fsp3) is 0.607. The van der Waals surface area contributed by atoms with E-state index in [2.05, 4.69) is 12.1 Å². The minimum Gasteiger partial charge on any atom is -0.479 e. The Balaban J connectivity index is 2.80. The second kappa shape index (κ2) is 21.1. The summed E-state index contributed by atoms with van der Waals surface area (Å²) in [6.45, 7) is 7.47. The molecule has 0 bridgehead atoms. The largest absolute Gasteiger partial charge is 0.479 e. The van der Waals surface area contributed by atoms with Crippen LogP contribution in [0.5, 0.6) is 0 Å². The Morgan fingerprint density at radius 3 is 2.03 bits per heavy atom. The van der Waals surface area contributed by atoms with Crippen molar-refractivity contribution in [1.82, 2.24) is 0 Å². The van der Waals surface area contributed by atoms with Crippen LogP contribution in [-0.2, 0) is 39.8 Å². The van der Waals surface area contributed by atoms with Gasteiger partial charge in [0.25, 0.3) is 0 Å². The number of hydrogen-bond donors (Lipinski definition) is 0. The summed E-state index contributed by atoms with van der Waals surface area (Å²) >= 11 is 13.2. The van der Waals surface area contributed by atoms with E-state index in [0.29, 0.717) is 54.1 Å². The molecule has 0 saturated carbocycles. The van der Waals surface area contributed by atoms with Crippen LogP contribution in [0.1, 0.15) is 71.8 Å². The summed E-state index contributed by atoms with van der Waals surface area (Å²) in [7, 11) is 0. The van der Waals surface area contributed by atoms with E-state index in [0.717, 1.165) is 12.8 Å². The lowest BCUT2D eigenvalue weighted by Crippen LogP contribution is -2.30. The highest BCUT2D eigenvalue weighted by Crippen LogP contribution is 2.29. The van der Waals surface area contributed by atoms with E-state index in [-0.39, 0.29) is 34.8 Å². The number of ether oxygens (including phenoxy) is 4. The Hall–Kier alpha value is -1.69. The van der Waals surface area contributed by atoms with Gasteiger partial charge < -0.3 is 18.9 Å². The lowest BCUT2D eigenvalue weighted by atomic mass is 10.0. The predicted octanol–water partition coefficient (Wildman–Crippen LogP) is 6.48. The molecule has 0 saturated heterocycles. The molecule has 0 heterocycles. The standard InChI is InChI=1S/C28H40O7S4/c1-5-32-27(36)38-24(19-34-20(3)29)17-15-23(31)16-18-26(39-28(37)33-6-2)25(35-21(4)30)14-10-13-22-11-8-7-9-12-22/h7-9,11-12,24-26H,5-6,10,13-19H2,1-4H3. The summed E-state index contributed by atoms with van der Waals surface area (Å²) in [6.07, 6.45) is 3.49. The fourth-order valence-electron chi connectivity index (χ4n) is 3.71. The van der Waals surface area contributed by atoms with E-state index < -0.39 is 6.10 Å². The van der Waals surface area contributed by atoms with Crippen LogP contribution >= 0.6 is 48.0 Å². The number of carbonyl (C=O) groups excluding carboxylic acids is 3. The third-order valence-electron chi connectivity index (χ3n) is 5.49. The highest BCUT2D eigenvalue weighted by atomic mass is 32.2. The molecule has 0 aliphatic carbocycles. The van der Waals surface area contributed by atoms with Gasteiger partial charge >= 0.3 is 11.9 Å². The maximum Gasteiger partial charge on any atom is 0.302 e. The maximum absolute atomic E-state index is 12.9. The van der Waals surface area contributed by atoms with Crippen molar-refractivity contribution in [1.29, 1.82) is 0 Å². The van der Waals surface area contributed by atoms with Gasteiger partial charge in [0.05, 0.1) is 18.5 Å². The van der Waals surface area contributed by atoms with E-state index in [1.807, 2.05) is 32.0 Å². The lowest BCUT2D eigenvalue weighted by molar-refractivity contribution is -0.146. The summed E-state index contributed by atoms with van der Waals surface area (Å²) in [5, 5.41) is -0.399. The lowest BCUT2D eigenvalue weighted by Gasteiger charge is -2.26. The zero-order valence-electron chi connectivity index (χ0n) is 23.2. The first kappa shape index (κ1) is 35.3. The smallest absolute Gasteiger partial charge is 0.302 e. The van der Waals surface area contributed by atoms with E-state index in [1.165, 1.54) is 42.9 Å². The van der Waals surface area contributed by atoms with Crippen molar-refractivity contribution in [3.8, 4) is 0 Å². The molecule has 0 aromatic heterocycles. The molecule has 3 unspecified atom stereocenters. The average molecular weight is 617 g/mol. The predicted molar refractivity (Wildman–Crippen MR) is 166 cm³/mol. The molecule has 39 heavy (non-hydrogen) atoms. The third-order valence-corrected chi connectivity index (χ3v) is 8.47. The highest BCUT2D eigenvalue weighted by Gasteiger charge is 2.28. The molecule has 3 atom stereocenters. The summed E-state index contributed by atoms with van der Waals surface area (Å²) in [6, 6.07) is 10.1. The van der Waals surface area contributed by atoms with Crippen LogP contribution in [0.15, 0.2) is 30.3 Å². The van der Waals surface area contributed by atoms with Crippen molar-refractivity contribution in [3.63, 3.8) is 0 Å². The van der Waals surface area contributed by atoms with Crippen LogP contribution in [0.2, 0.25) is 0 Å². The second-order valence-corrected chi connectivity index (χ2v) is 12.5. The zero-order valence-corrected chi connectivity index (χ0v) is 26.4. The topological polar surface area (TPSA) is 88.1 Å². The summed E-state index contributed by atoms with van der Waals surface area (Å²) in [5.41, 5.74) is 1.22. The summed E-state index contributed by atoms with van der Waals surface area (Å²) in [4.78, 5) is 36.1. The molecule has 1 aromatic carbocycles. The number of rotatable bonds is 18. The fourth-order valence-corrected chi connectivity index (χ4v) is 6.56. The molecule has 0 N–H and O–H groups in total. The van der Waals surface area contributed by atoms with Crippen LogP contribution in [0.3, 0.4) is 0 Å². The van der Waals surface area contributed by atoms with Crippen molar-refractivity contribution < 1.29 is 33.3 Å². The number of aryl methyl sites for hydroxylation is 1. The number of esters is 2.